The SMILES string of the molecule is C=C1C=CC(C(=C/C(C)=O)/N=C(/C=C\C(=C/C)N2CCCC(C)C(C)CC2)C(C)CC)=CN1/C=C(/C)C(C)CC. The largest absolute Gasteiger partial charge is 0.372 e. The highest BCUT2D eigenvalue weighted by Crippen LogP contribution is 2.27. The van der Waals surface area contributed by atoms with Crippen LogP contribution in [-0.4, -0.2) is 34.4 Å². The molecule has 4 unspecified atom stereocenters. The molecule has 0 spiro atoms. The van der Waals surface area contributed by atoms with E-state index in [0.717, 1.165) is 54.7 Å². The Hall–Kier alpha value is -2.88. The van der Waals surface area contributed by atoms with Crippen molar-refractivity contribution in [2.45, 2.75) is 94.4 Å². The summed E-state index contributed by atoms with van der Waals surface area (Å²) in [4.78, 5) is 22.0. The molecule has 4 nitrogen and oxygen atoms in total. The quantitative estimate of drug-likeness (QED) is 0.147. The van der Waals surface area contributed by atoms with Crippen molar-refractivity contribution < 1.29 is 4.79 Å². The summed E-state index contributed by atoms with van der Waals surface area (Å²) in [5.74, 6) is 2.28. The highest BCUT2D eigenvalue weighted by molar-refractivity contribution is 5.99. The number of hydrogen-bond acceptors (Lipinski definition) is 4. The van der Waals surface area contributed by atoms with E-state index < -0.39 is 0 Å². The second kappa shape index (κ2) is 16.4. The van der Waals surface area contributed by atoms with Crippen LogP contribution in [0.25, 0.3) is 0 Å². The summed E-state index contributed by atoms with van der Waals surface area (Å²) in [6.07, 6.45) is 22.3. The van der Waals surface area contributed by atoms with Crippen molar-refractivity contribution in [1.29, 1.82) is 0 Å². The maximum atomic E-state index is 12.3. The Morgan fingerprint density at radius 2 is 1.73 bits per heavy atom. The minimum Gasteiger partial charge on any atom is -0.372 e. The van der Waals surface area contributed by atoms with Gasteiger partial charge in [-0.15, -0.1) is 0 Å². The number of allylic oxidation sites excluding steroid dienone is 7. The second-order valence-electron chi connectivity index (χ2n) is 11.9. The monoisotopic (exact) mass is 545 g/mol. The number of carbonyl (C=O) groups excluding carboxylic acids is 1. The van der Waals surface area contributed by atoms with Crippen molar-refractivity contribution in [3.63, 3.8) is 0 Å². The van der Waals surface area contributed by atoms with Crippen LogP contribution in [0, 0.1) is 23.7 Å². The van der Waals surface area contributed by atoms with E-state index in [-0.39, 0.29) is 11.7 Å². The van der Waals surface area contributed by atoms with Gasteiger partial charge in [-0.2, -0.15) is 0 Å². The lowest BCUT2D eigenvalue weighted by Crippen LogP contribution is -2.30. The first kappa shape index (κ1) is 33.3. The predicted molar refractivity (Wildman–Crippen MR) is 174 cm³/mol. The van der Waals surface area contributed by atoms with E-state index >= 15 is 0 Å². The maximum absolute atomic E-state index is 12.3. The van der Waals surface area contributed by atoms with Crippen LogP contribution < -0.4 is 0 Å². The van der Waals surface area contributed by atoms with Crippen molar-refractivity contribution in [3.05, 3.63) is 83.7 Å². The molecule has 0 aromatic rings. The molecule has 0 bridgehead atoms. The third kappa shape index (κ3) is 9.94. The normalized spacial score (nSPS) is 23.7. The minimum absolute atomic E-state index is 0.0130. The van der Waals surface area contributed by atoms with Crippen molar-refractivity contribution in [2.24, 2.45) is 28.7 Å². The zero-order valence-electron chi connectivity index (χ0n) is 26.8. The summed E-state index contributed by atoms with van der Waals surface area (Å²) in [7, 11) is 0. The molecule has 0 radical (unpaired) electrons. The van der Waals surface area contributed by atoms with Gasteiger partial charge in [0, 0.05) is 54.2 Å². The molecular weight excluding hydrogens is 490 g/mol. The molecule has 0 aromatic heterocycles. The molecule has 2 heterocycles. The van der Waals surface area contributed by atoms with Gasteiger partial charge in [0.25, 0.3) is 0 Å². The third-order valence-corrected chi connectivity index (χ3v) is 8.80. The first-order valence-corrected chi connectivity index (χ1v) is 15.5. The zero-order valence-corrected chi connectivity index (χ0v) is 26.8. The smallest absolute Gasteiger partial charge is 0.154 e. The highest BCUT2D eigenvalue weighted by atomic mass is 16.1. The molecule has 40 heavy (non-hydrogen) atoms. The van der Waals surface area contributed by atoms with Crippen LogP contribution in [0.3, 0.4) is 0 Å². The molecule has 220 valence electrons. The molecule has 4 heteroatoms. The van der Waals surface area contributed by atoms with E-state index in [4.69, 9.17) is 4.99 Å². The fraction of sp³-hybridized carbons (Fsp3) is 0.556. The average Bonchev–Trinajstić information content (AvgIpc) is 2.93. The van der Waals surface area contributed by atoms with E-state index in [2.05, 4.69) is 96.2 Å². The first-order chi connectivity index (χ1) is 19.0. The van der Waals surface area contributed by atoms with Gasteiger partial charge in [0.15, 0.2) is 5.78 Å². The number of likely N-dealkylation sites (tertiary alicyclic amines) is 1. The molecular formula is C36H55N3O. The van der Waals surface area contributed by atoms with Crippen LogP contribution >= 0.6 is 0 Å². The van der Waals surface area contributed by atoms with Gasteiger partial charge in [-0.1, -0.05) is 59.8 Å². The Balaban J connectivity index is 2.44. The molecule has 0 amide bonds. The lowest BCUT2D eigenvalue weighted by molar-refractivity contribution is -0.112. The zero-order chi connectivity index (χ0) is 29.8. The van der Waals surface area contributed by atoms with Gasteiger partial charge in [0.2, 0.25) is 0 Å². The summed E-state index contributed by atoms with van der Waals surface area (Å²) in [6.45, 7) is 25.9. The number of carbonyl (C=O) groups is 1. The van der Waals surface area contributed by atoms with Crippen molar-refractivity contribution >= 4 is 11.5 Å². The van der Waals surface area contributed by atoms with Crippen LogP contribution in [0.1, 0.15) is 94.4 Å². The minimum atomic E-state index is -0.0130. The number of aliphatic imine (C=N–C) groups is 1. The Morgan fingerprint density at radius 3 is 2.35 bits per heavy atom. The van der Waals surface area contributed by atoms with Gasteiger partial charge in [-0.25, -0.2) is 0 Å². The molecule has 0 saturated carbocycles. The number of ketones is 1. The molecule has 1 saturated heterocycles. The summed E-state index contributed by atoms with van der Waals surface area (Å²) < 4.78 is 0. The summed E-state index contributed by atoms with van der Waals surface area (Å²) in [5.41, 5.74) is 6.02. The average molecular weight is 546 g/mol. The van der Waals surface area contributed by atoms with Crippen LogP contribution in [0.4, 0.5) is 0 Å². The van der Waals surface area contributed by atoms with Crippen molar-refractivity contribution in [1.82, 2.24) is 9.80 Å². The second-order valence-corrected chi connectivity index (χ2v) is 11.9. The van der Waals surface area contributed by atoms with E-state index in [9.17, 15) is 4.79 Å². The fourth-order valence-electron chi connectivity index (χ4n) is 4.98. The maximum Gasteiger partial charge on any atom is 0.154 e. The molecule has 0 aromatic carbocycles. The van der Waals surface area contributed by atoms with Crippen molar-refractivity contribution in [2.75, 3.05) is 13.1 Å². The summed E-state index contributed by atoms with van der Waals surface area (Å²) in [6, 6.07) is 0. The van der Waals surface area contributed by atoms with E-state index in [1.165, 1.54) is 30.5 Å². The summed E-state index contributed by atoms with van der Waals surface area (Å²) >= 11 is 0. The predicted octanol–water partition coefficient (Wildman–Crippen LogP) is 9.38. The van der Waals surface area contributed by atoms with Gasteiger partial charge < -0.3 is 9.80 Å². The van der Waals surface area contributed by atoms with Gasteiger partial charge >= 0.3 is 0 Å². The number of nitrogens with zero attached hydrogens (tertiary/aromatic N) is 3. The van der Waals surface area contributed by atoms with Gasteiger partial charge in [0.1, 0.15) is 0 Å². The summed E-state index contributed by atoms with van der Waals surface area (Å²) in [5, 5.41) is 0. The fourth-order valence-corrected chi connectivity index (χ4v) is 4.98. The van der Waals surface area contributed by atoms with Gasteiger partial charge in [-0.3, -0.25) is 9.79 Å². The molecule has 1 fully saturated rings. The van der Waals surface area contributed by atoms with E-state index in [1.807, 2.05) is 18.4 Å². The van der Waals surface area contributed by atoms with E-state index in [1.54, 1.807) is 13.0 Å². The Morgan fingerprint density at radius 1 is 1.05 bits per heavy atom. The molecule has 2 rings (SSSR count). The number of hydrogen-bond donors (Lipinski definition) is 0. The lowest BCUT2D eigenvalue weighted by Gasteiger charge is -2.32. The van der Waals surface area contributed by atoms with Crippen LogP contribution in [-0.2, 0) is 4.79 Å². The molecule has 0 N–H and O–H groups in total. The van der Waals surface area contributed by atoms with Crippen LogP contribution in [0.5, 0.6) is 0 Å². The van der Waals surface area contributed by atoms with Crippen molar-refractivity contribution in [3.8, 4) is 0 Å². The molecule has 4 atom stereocenters. The standard InChI is InChI=1S/C36H55N3O/c1-11-26(4)30(8)24-39-25-33(17-16-31(39)9)36(23-32(10)40)37-35(27(5)12-2)19-18-34(13-3)38-21-14-15-28(6)29(7)20-22-38/h13,16-19,23-29H,9,11-12,14-15,20-22H2,1-8,10H3/b19-18-,30-24-,34-13+,36-23-,37-35-. The van der Waals surface area contributed by atoms with Crippen LogP contribution in [0.2, 0.25) is 0 Å². The van der Waals surface area contributed by atoms with Gasteiger partial charge in [0.05, 0.1) is 5.70 Å². The first-order valence-electron chi connectivity index (χ1n) is 15.5. The Kier molecular flexibility index (Phi) is 13.7. The molecule has 0 aliphatic carbocycles. The Bertz CT molecular complexity index is 1100. The molecule has 2 aliphatic rings. The molecule has 2 aliphatic heterocycles. The third-order valence-electron chi connectivity index (χ3n) is 8.80. The van der Waals surface area contributed by atoms with E-state index in [0.29, 0.717) is 11.6 Å². The highest BCUT2D eigenvalue weighted by Gasteiger charge is 2.19. The van der Waals surface area contributed by atoms with Gasteiger partial charge in [-0.05, 0) is 101 Å². The van der Waals surface area contributed by atoms with Crippen LogP contribution in [0.15, 0.2) is 88.7 Å². The topological polar surface area (TPSA) is 35.9 Å². The number of rotatable bonds is 11. The Labute approximate surface area is 245 Å². The lowest BCUT2D eigenvalue weighted by atomic mass is 9.87.